The van der Waals surface area contributed by atoms with Crippen LogP contribution in [-0.2, 0) is 11.2 Å². The summed E-state index contributed by atoms with van der Waals surface area (Å²) >= 11 is 0. The molecule has 33 heavy (non-hydrogen) atoms. The summed E-state index contributed by atoms with van der Waals surface area (Å²) in [5.74, 6) is -0.153. The fourth-order valence-electron chi connectivity index (χ4n) is 5.06. The zero-order valence-corrected chi connectivity index (χ0v) is 18.5. The summed E-state index contributed by atoms with van der Waals surface area (Å²) in [6.07, 6.45) is 1.98. The number of anilines is 1. The van der Waals surface area contributed by atoms with Crippen molar-refractivity contribution in [1.29, 1.82) is 0 Å². The van der Waals surface area contributed by atoms with Gasteiger partial charge < -0.3 is 11.1 Å². The predicted octanol–water partition coefficient (Wildman–Crippen LogP) is 5.99. The summed E-state index contributed by atoms with van der Waals surface area (Å²) in [5.41, 5.74) is 12.4. The molecule has 0 unspecified atom stereocenters. The maximum atomic E-state index is 13.9. The lowest BCUT2D eigenvalue weighted by Crippen LogP contribution is -2.38. The van der Waals surface area contributed by atoms with Crippen LogP contribution in [-0.4, -0.2) is 5.91 Å². The van der Waals surface area contributed by atoms with E-state index in [1.165, 1.54) is 16.7 Å². The highest BCUT2D eigenvalue weighted by molar-refractivity contribution is 5.87. The van der Waals surface area contributed by atoms with Gasteiger partial charge in [0.1, 0.15) is 0 Å². The maximum Gasteiger partial charge on any atom is 0.232 e. The average Bonchev–Trinajstić information content (AvgIpc) is 2.86. The SMILES string of the molecule is Nc1ccc([C@@H]2CCc3ccccc3[C@@H]2NC(=O)C(c2ccccc2)c2ccccc2)cc1. The van der Waals surface area contributed by atoms with Gasteiger partial charge in [-0.15, -0.1) is 0 Å². The molecule has 3 N–H and O–H groups in total. The Bertz CT molecular complexity index is 1180. The first-order valence-electron chi connectivity index (χ1n) is 11.5. The van der Waals surface area contributed by atoms with Crippen molar-refractivity contribution in [2.75, 3.05) is 5.73 Å². The van der Waals surface area contributed by atoms with E-state index in [1.54, 1.807) is 0 Å². The van der Waals surface area contributed by atoms with Crippen molar-refractivity contribution < 1.29 is 4.79 Å². The summed E-state index contributed by atoms with van der Waals surface area (Å²) in [6, 6.07) is 36.5. The Kier molecular flexibility index (Phi) is 5.95. The summed E-state index contributed by atoms with van der Waals surface area (Å²) < 4.78 is 0. The van der Waals surface area contributed by atoms with Crippen LogP contribution in [0.25, 0.3) is 0 Å². The van der Waals surface area contributed by atoms with Gasteiger partial charge in [-0.3, -0.25) is 4.79 Å². The summed E-state index contributed by atoms with van der Waals surface area (Å²) in [4.78, 5) is 13.9. The number of aryl methyl sites for hydroxylation is 1. The topological polar surface area (TPSA) is 55.1 Å². The van der Waals surface area contributed by atoms with Crippen LogP contribution in [0.5, 0.6) is 0 Å². The van der Waals surface area contributed by atoms with Gasteiger partial charge in [-0.25, -0.2) is 0 Å². The molecule has 3 nitrogen and oxygen atoms in total. The number of nitrogens with one attached hydrogen (secondary N) is 1. The van der Waals surface area contributed by atoms with Crippen molar-refractivity contribution in [3.8, 4) is 0 Å². The molecule has 0 spiro atoms. The lowest BCUT2D eigenvalue weighted by atomic mass is 9.76. The van der Waals surface area contributed by atoms with Crippen LogP contribution in [0.4, 0.5) is 5.69 Å². The second-order valence-electron chi connectivity index (χ2n) is 8.75. The second-order valence-corrected chi connectivity index (χ2v) is 8.75. The number of rotatable bonds is 5. The van der Waals surface area contributed by atoms with Gasteiger partial charge in [-0.05, 0) is 52.8 Å². The molecule has 0 saturated heterocycles. The number of amides is 1. The number of nitrogen functional groups attached to an aromatic ring is 1. The first-order chi connectivity index (χ1) is 16.2. The molecule has 0 radical (unpaired) electrons. The molecule has 1 aliphatic rings. The Hall–Kier alpha value is -3.85. The fourth-order valence-corrected chi connectivity index (χ4v) is 5.06. The largest absolute Gasteiger partial charge is 0.399 e. The van der Waals surface area contributed by atoms with Crippen molar-refractivity contribution in [2.45, 2.75) is 30.7 Å². The lowest BCUT2D eigenvalue weighted by Gasteiger charge is -2.35. The highest BCUT2D eigenvalue weighted by Crippen LogP contribution is 2.41. The zero-order chi connectivity index (χ0) is 22.6. The quantitative estimate of drug-likeness (QED) is 0.381. The van der Waals surface area contributed by atoms with Gasteiger partial charge in [0, 0.05) is 11.6 Å². The third kappa shape index (κ3) is 4.40. The number of fused-ring (bicyclic) bond motifs is 1. The summed E-state index contributed by atoms with van der Waals surface area (Å²) in [7, 11) is 0. The molecular weight excluding hydrogens is 404 g/mol. The molecule has 0 saturated carbocycles. The van der Waals surface area contributed by atoms with Crippen LogP contribution < -0.4 is 11.1 Å². The number of nitrogens with two attached hydrogens (primary N) is 1. The van der Waals surface area contributed by atoms with E-state index >= 15 is 0 Å². The zero-order valence-electron chi connectivity index (χ0n) is 18.5. The lowest BCUT2D eigenvalue weighted by molar-refractivity contribution is -0.122. The molecule has 0 fully saturated rings. The Morgan fingerprint density at radius 3 is 1.97 bits per heavy atom. The van der Waals surface area contributed by atoms with Crippen LogP contribution in [0.3, 0.4) is 0 Å². The van der Waals surface area contributed by atoms with Gasteiger partial charge in [0.2, 0.25) is 5.91 Å². The van der Waals surface area contributed by atoms with Gasteiger partial charge in [0.05, 0.1) is 12.0 Å². The standard InChI is InChI=1S/C30H28N2O/c31-25-18-15-22(16-19-25)27-20-17-21-9-7-8-14-26(21)29(27)32-30(33)28(23-10-3-1-4-11-23)24-12-5-2-6-13-24/h1-16,18-19,27-29H,17,20,31H2,(H,32,33)/t27-,29-/m0/s1. The highest BCUT2D eigenvalue weighted by atomic mass is 16.2. The summed E-state index contributed by atoms with van der Waals surface area (Å²) in [5, 5.41) is 3.47. The van der Waals surface area contributed by atoms with Gasteiger partial charge in [-0.1, -0.05) is 97.1 Å². The van der Waals surface area contributed by atoms with Crippen molar-refractivity contribution >= 4 is 11.6 Å². The Labute approximate surface area is 195 Å². The van der Waals surface area contributed by atoms with Crippen molar-refractivity contribution in [2.24, 2.45) is 0 Å². The fraction of sp³-hybridized carbons (Fsp3) is 0.167. The van der Waals surface area contributed by atoms with Gasteiger partial charge >= 0.3 is 0 Å². The maximum absolute atomic E-state index is 13.9. The van der Waals surface area contributed by atoms with Gasteiger partial charge in [0.15, 0.2) is 0 Å². The molecule has 5 rings (SSSR count). The van der Waals surface area contributed by atoms with E-state index in [0.717, 1.165) is 29.7 Å². The van der Waals surface area contributed by atoms with Crippen LogP contribution in [0.2, 0.25) is 0 Å². The predicted molar refractivity (Wildman–Crippen MR) is 134 cm³/mol. The molecule has 1 amide bonds. The van der Waals surface area contributed by atoms with Crippen LogP contribution >= 0.6 is 0 Å². The number of benzene rings is 4. The van der Waals surface area contributed by atoms with Crippen LogP contribution in [0.15, 0.2) is 109 Å². The van der Waals surface area contributed by atoms with E-state index in [2.05, 4.69) is 41.7 Å². The molecule has 164 valence electrons. The van der Waals surface area contributed by atoms with E-state index in [0.29, 0.717) is 0 Å². The third-order valence-electron chi connectivity index (χ3n) is 6.71. The van der Waals surface area contributed by atoms with Crippen molar-refractivity contribution in [3.05, 3.63) is 137 Å². The summed E-state index contributed by atoms with van der Waals surface area (Å²) in [6.45, 7) is 0. The second kappa shape index (κ2) is 9.33. The van der Waals surface area contributed by atoms with Crippen molar-refractivity contribution in [3.63, 3.8) is 0 Å². The normalized spacial score (nSPS) is 17.4. The minimum absolute atomic E-state index is 0.0227. The number of hydrogen-bond acceptors (Lipinski definition) is 2. The average molecular weight is 433 g/mol. The molecule has 0 aromatic heterocycles. The van der Waals surface area contributed by atoms with E-state index in [9.17, 15) is 4.79 Å². The Morgan fingerprint density at radius 2 is 1.33 bits per heavy atom. The molecular formula is C30H28N2O. The molecule has 4 aromatic carbocycles. The van der Waals surface area contributed by atoms with Gasteiger partial charge in [0.25, 0.3) is 0 Å². The smallest absolute Gasteiger partial charge is 0.232 e. The van der Waals surface area contributed by atoms with Crippen LogP contribution in [0, 0.1) is 0 Å². The van der Waals surface area contributed by atoms with E-state index in [1.807, 2.05) is 72.8 Å². The highest BCUT2D eigenvalue weighted by Gasteiger charge is 2.34. The number of hydrogen-bond donors (Lipinski definition) is 2. The Balaban J connectivity index is 1.53. The monoisotopic (exact) mass is 432 g/mol. The molecule has 1 aliphatic carbocycles. The van der Waals surface area contributed by atoms with Crippen LogP contribution in [0.1, 0.15) is 52.1 Å². The molecule has 0 bridgehead atoms. The molecule has 0 heterocycles. The minimum atomic E-state index is -0.367. The minimum Gasteiger partial charge on any atom is -0.399 e. The van der Waals surface area contributed by atoms with Crippen molar-refractivity contribution in [1.82, 2.24) is 5.32 Å². The van der Waals surface area contributed by atoms with E-state index < -0.39 is 0 Å². The number of carbonyl (C=O) groups is 1. The van der Waals surface area contributed by atoms with E-state index in [4.69, 9.17) is 5.73 Å². The first-order valence-corrected chi connectivity index (χ1v) is 11.5. The molecule has 0 aliphatic heterocycles. The molecule has 4 aromatic rings. The van der Waals surface area contributed by atoms with E-state index in [-0.39, 0.29) is 23.8 Å². The van der Waals surface area contributed by atoms with Gasteiger partial charge in [-0.2, -0.15) is 0 Å². The first kappa shape index (κ1) is 21.0. The number of carbonyl (C=O) groups excluding carboxylic acids is 1. The third-order valence-corrected chi connectivity index (χ3v) is 6.71. The Morgan fingerprint density at radius 1 is 0.758 bits per heavy atom. The molecule has 3 heteroatoms. The molecule has 2 atom stereocenters.